The van der Waals surface area contributed by atoms with Gasteiger partial charge in [0.1, 0.15) is 5.78 Å². The van der Waals surface area contributed by atoms with Crippen molar-refractivity contribution in [3.63, 3.8) is 0 Å². The monoisotopic (exact) mass is 360 g/mol. The molecule has 0 bridgehead atoms. The van der Waals surface area contributed by atoms with Gasteiger partial charge in [0.15, 0.2) is 12.3 Å². The van der Waals surface area contributed by atoms with Crippen molar-refractivity contribution in [2.75, 3.05) is 0 Å². The third-order valence-corrected chi connectivity index (χ3v) is 5.57. The molecular weight excluding hydrogens is 347 g/mol. The van der Waals surface area contributed by atoms with E-state index in [1.54, 1.807) is 6.20 Å². The summed E-state index contributed by atoms with van der Waals surface area (Å²) in [5, 5.41) is 7.72. The minimum Gasteiger partial charge on any atom is -0.342 e. The molecule has 2 aromatic heterocycles. The summed E-state index contributed by atoms with van der Waals surface area (Å²) >= 11 is 1.63. The highest BCUT2D eigenvalue weighted by molar-refractivity contribution is 7.92. The van der Waals surface area contributed by atoms with Crippen LogP contribution in [0, 0.1) is 0 Å². The maximum atomic E-state index is 13.1. The van der Waals surface area contributed by atoms with Gasteiger partial charge in [0.2, 0.25) is 5.91 Å². The lowest BCUT2D eigenvalue weighted by Gasteiger charge is -2.38. The van der Waals surface area contributed by atoms with Gasteiger partial charge in [-0.05, 0) is 40.1 Å². The fraction of sp³-hybridized carbons (Fsp3) is 0.176. The summed E-state index contributed by atoms with van der Waals surface area (Å²) in [6, 6.07) is 9.27. The standard InChI is InChI=1S/C17H13FN2O2S2/c18-24-20-6-4-13-14(2-1-3-15(13)20)17(11-5-7-23-10-11)9-12(21)8-16(22)19-17/h1-7,10H,8-9H2,(H,19,22). The number of carbonyl (C=O) groups excluding carboxylic acids is 2. The number of hydrogen-bond acceptors (Lipinski definition) is 4. The van der Waals surface area contributed by atoms with Crippen LogP contribution in [0.4, 0.5) is 3.89 Å². The zero-order valence-corrected chi connectivity index (χ0v) is 14.1. The molecule has 1 amide bonds. The van der Waals surface area contributed by atoms with Gasteiger partial charge in [-0.1, -0.05) is 12.1 Å². The maximum absolute atomic E-state index is 13.1. The number of thiophene rings is 1. The van der Waals surface area contributed by atoms with Gasteiger partial charge in [-0.2, -0.15) is 11.3 Å². The average molecular weight is 360 g/mol. The lowest BCUT2D eigenvalue weighted by molar-refractivity contribution is -0.133. The Balaban J connectivity index is 2.00. The molecule has 1 aromatic carbocycles. The molecule has 24 heavy (non-hydrogen) atoms. The highest BCUT2D eigenvalue weighted by Crippen LogP contribution is 2.41. The number of nitrogens with one attached hydrogen (secondary N) is 1. The lowest BCUT2D eigenvalue weighted by Crippen LogP contribution is -2.52. The second-order valence-corrected chi connectivity index (χ2v) is 7.12. The first kappa shape index (κ1) is 15.4. The number of aromatic nitrogens is 1. The second-order valence-electron chi connectivity index (χ2n) is 5.81. The molecule has 122 valence electrons. The maximum Gasteiger partial charge on any atom is 0.228 e. The van der Waals surface area contributed by atoms with Crippen LogP contribution in [0.5, 0.6) is 0 Å². The molecule has 3 aromatic rings. The van der Waals surface area contributed by atoms with Crippen LogP contribution in [0.25, 0.3) is 10.9 Å². The third kappa shape index (κ3) is 2.27. The molecule has 1 unspecified atom stereocenters. The Hall–Kier alpha value is -2.12. The molecule has 4 nitrogen and oxygen atoms in total. The van der Waals surface area contributed by atoms with Crippen molar-refractivity contribution >= 4 is 46.3 Å². The van der Waals surface area contributed by atoms with Gasteiger partial charge >= 0.3 is 0 Å². The van der Waals surface area contributed by atoms with E-state index in [1.165, 1.54) is 15.3 Å². The van der Waals surface area contributed by atoms with Crippen LogP contribution in [-0.2, 0) is 15.1 Å². The van der Waals surface area contributed by atoms with Crippen molar-refractivity contribution in [2.24, 2.45) is 0 Å². The lowest BCUT2D eigenvalue weighted by atomic mass is 9.76. The van der Waals surface area contributed by atoms with Crippen molar-refractivity contribution in [1.29, 1.82) is 0 Å². The smallest absolute Gasteiger partial charge is 0.228 e. The molecule has 1 aliphatic heterocycles. The number of hydrogen-bond donors (Lipinski definition) is 1. The molecule has 0 spiro atoms. The van der Waals surface area contributed by atoms with E-state index in [9.17, 15) is 13.5 Å². The normalized spacial score (nSPS) is 21.2. The molecule has 1 N–H and O–H groups in total. The van der Waals surface area contributed by atoms with E-state index in [1.807, 2.05) is 41.1 Å². The molecule has 1 fully saturated rings. The van der Waals surface area contributed by atoms with E-state index in [4.69, 9.17) is 0 Å². The predicted octanol–water partition coefficient (Wildman–Crippen LogP) is 3.81. The number of ketones is 1. The summed E-state index contributed by atoms with van der Waals surface area (Å²) in [6.07, 6.45) is 1.75. The first-order valence-corrected chi connectivity index (χ1v) is 9.01. The number of fused-ring (bicyclic) bond motifs is 1. The van der Waals surface area contributed by atoms with E-state index in [0.717, 1.165) is 16.5 Å². The first-order chi connectivity index (χ1) is 11.6. The van der Waals surface area contributed by atoms with Gasteiger partial charge < -0.3 is 5.32 Å². The summed E-state index contributed by atoms with van der Waals surface area (Å²) in [5.74, 6) is -0.380. The molecule has 7 heteroatoms. The van der Waals surface area contributed by atoms with Crippen LogP contribution in [0.3, 0.4) is 0 Å². The molecule has 0 saturated carbocycles. The number of nitrogens with zero attached hydrogens (tertiary/aromatic N) is 1. The van der Waals surface area contributed by atoms with Crippen LogP contribution in [-0.4, -0.2) is 15.7 Å². The van der Waals surface area contributed by atoms with E-state index >= 15 is 0 Å². The molecule has 1 aliphatic rings. The first-order valence-electron chi connectivity index (χ1n) is 7.39. The fourth-order valence-electron chi connectivity index (χ4n) is 3.44. The SMILES string of the molecule is O=C1CC(=O)NC(c2ccsc2)(c2cccc3c2ccn3SF)C1. The number of rotatable bonds is 3. The Morgan fingerprint density at radius 2 is 2.12 bits per heavy atom. The van der Waals surface area contributed by atoms with Crippen molar-refractivity contribution in [3.8, 4) is 0 Å². The molecule has 1 saturated heterocycles. The molecule has 0 aliphatic carbocycles. The minimum atomic E-state index is -0.904. The van der Waals surface area contributed by atoms with Gasteiger partial charge in [0, 0.05) is 18.0 Å². The minimum absolute atomic E-state index is 0.0940. The number of piperidine rings is 1. The van der Waals surface area contributed by atoms with Crippen LogP contribution in [0.1, 0.15) is 24.0 Å². The largest absolute Gasteiger partial charge is 0.342 e. The molecule has 4 rings (SSSR count). The Morgan fingerprint density at radius 1 is 1.25 bits per heavy atom. The second kappa shape index (κ2) is 5.75. The Labute approximate surface area is 146 Å². The summed E-state index contributed by atoms with van der Waals surface area (Å²) < 4.78 is 14.5. The zero-order chi connectivity index (χ0) is 16.7. The highest BCUT2D eigenvalue weighted by atomic mass is 32.2. The van der Waals surface area contributed by atoms with Crippen molar-refractivity contribution in [1.82, 2.24) is 9.29 Å². The van der Waals surface area contributed by atoms with Crippen LogP contribution >= 0.6 is 23.7 Å². The van der Waals surface area contributed by atoms with Gasteiger partial charge in [-0.25, -0.2) is 0 Å². The summed E-state index contributed by atoms with van der Waals surface area (Å²) in [6.45, 7) is 0. The predicted molar refractivity (Wildman–Crippen MR) is 93.5 cm³/mol. The molecule has 1 atom stereocenters. The number of Topliss-reactive ketones (excluding diaryl/α,β-unsaturated/α-hetero) is 1. The topological polar surface area (TPSA) is 51.1 Å². The number of amides is 1. The van der Waals surface area contributed by atoms with Gasteiger partial charge in [0.05, 0.1) is 17.5 Å². The number of benzene rings is 1. The van der Waals surface area contributed by atoms with Crippen molar-refractivity contribution in [2.45, 2.75) is 18.4 Å². The Bertz CT molecular complexity index is 917. The van der Waals surface area contributed by atoms with Gasteiger partial charge in [-0.15, -0.1) is 3.89 Å². The van der Waals surface area contributed by atoms with E-state index < -0.39 is 5.54 Å². The Morgan fingerprint density at radius 3 is 2.83 bits per heavy atom. The summed E-state index contributed by atoms with van der Waals surface area (Å²) in [4.78, 5) is 24.4. The molecule has 3 heterocycles. The number of carbonyl (C=O) groups is 2. The summed E-state index contributed by atoms with van der Waals surface area (Å²) in [7, 11) is 0. The summed E-state index contributed by atoms with van der Waals surface area (Å²) in [5.41, 5.74) is 1.50. The number of halogens is 1. The highest BCUT2D eigenvalue weighted by Gasteiger charge is 2.43. The average Bonchev–Trinajstić information content (AvgIpc) is 3.23. The quantitative estimate of drug-likeness (QED) is 0.723. The molecule has 0 radical (unpaired) electrons. The van der Waals surface area contributed by atoms with Gasteiger partial charge in [-0.3, -0.25) is 13.6 Å². The van der Waals surface area contributed by atoms with Crippen LogP contribution in [0.2, 0.25) is 0 Å². The molecular formula is C17H13FN2O2S2. The van der Waals surface area contributed by atoms with E-state index in [0.29, 0.717) is 5.52 Å². The fourth-order valence-corrected chi connectivity index (χ4v) is 4.51. The van der Waals surface area contributed by atoms with E-state index in [2.05, 4.69) is 5.32 Å². The van der Waals surface area contributed by atoms with Crippen molar-refractivity contribution in [3.05, 3.63) is 58.4 Å². The Kier molecular flexibility index (Phi) is 3.69. The van der Waals surface area contributed by atoms with Crippen LogP contribution in [0.15, 0.2) is 47.3 Å². The van der Waals surface area contributed by atoms with Crippen molar-refractivity contribution < 1.29 is 13.5 Å². The zero-order valence-electron chi connectivity index (χ0n) is 12.5. The van der Waals surface area contributed by atoms with Crippen LogP contribution < -0.4 is 5.32 Å². The third-order valence-electron chi connectivity index (χ3n) is 4.42. The van der Waals surface area contributed by atoms with E-state index in [-0.39, 0.29) is 36.9 Å². The van der Waals surface area contributed by atoms with Gasteiger partial charge in [0.25, 0.3) is 0 Å².